The van der Waals surface area contributed by atoms with E-state index in [9.17, 15) is 37.8 Å². The third-order valence-electron chi connectivity index (χ3n) is 1.19. The van der Waals surface area contributed by atoms with Gasteiger partial charge in [-0.25, -0.2) is 0 Å². The molecule has 29 heavy (non-hydrogen) atoms. The van der Waals surface area contributed by atoms with Crippen molar-refractivity contribution >= 4 is 33.0 Å². The third kappa shape index (κ3) is 74.0. The van der Waals surface area contributed by atoms with E-state index >= 15 is 0 Å². The summed E-state index contributed by atoms with van der Waals surface area (Å²) < 4.78 is 54.2. The second kappa shape index (κ2) is 35.4. The van der Waals surface area contributed by atoms with Crippen molar-refractivity contribution in [2.24, 2.45) is 0 Å². The molecule has 0 radical (unpaired) electrons. The van der Waals surface area contributed by atoms with E-state index in [4.69, 9.17) is 0 Å². The van der Waals surface area contributed by atoms with Gasteiger partial charge in [0.05, 0.1) is 0 Å². The number of hydrogen-bond acceptors (Lipinski definition) is 12. The standard InChI is InChI=1S/4C3H5O3P.Zr/c4*1-2-3-6-7(4)5;/h4*2H,1,3H2;/q;;;;+4. The molecule has 0 amide bonds. The molecule has 12 nitrogen and oxygen atoms in total. The van der Waals surface area contributed by atoms with Gasteiger partial charge in [-0.05, 0) is 18.3 Å². The first kappa shape index (κ1) is 39.4. The molecular formula is C12H20O12P4Zr+4. The molecule has 0 N–H and O–H groups in total. The fraction of sp³-hybridized carbons (Fsp3) is 0.333. The Bertz CT molecular complexity index is 415. The molecule has 0 aliphatic rings. The van der Waals surface area contributed by atoms with Gasteiger partial charge in [-0.1, -0.05) is 24.3 Å². The Morgan fingerprint density at radius 1 is 0.517 bits per heavy atom. The predicted octanol–water partition coefficient (Wildman–Crippen LogP) is 0.824. The van der Waals surface area contributed by atoms with Crippen LogP contribution in [0.1, 0.15) is 0 Å². The first-order valence-corrected chi connectivity index (χ1v) is 11.0. The van der Waals surface area contributed by atoms with Crippen LogP contribution in [-0.2, 0) is 62.6 Å². The molecule has 0 aromatic carbocycles. The molecule has 160 valence electrons. The fourth-order valence-corrected chi connectivity index (χ4v) is 1.36. The van der Waals surface area contributed by atoms with Crippen LogP contribution in [0, 0.1) is 0 Å². The van der Waals surface area contributed by atoms with Crippen molar-refractivity contribution in [1.29, 1.82) is 0 Å². The van der Waals surface area contributed by atoms with Crippen LogP contribution in [0.25, 0.3) is 0 Å². The minimum atomic E-state index is -2.68. The van der Waals surface area contributed by atoms with E-state index in [0.717, 1.165) is 0 Å². The summed E-state index contributed by atoms with van der Waals surface area (Å²) in [5.41, 5.74) is 0. The summed E-state index contributed by atoms with van der Waals surface area (Å²) in [7, 11) is -10.7. The summed E-state index contributed by atoms with van der Waals surface area (Å²) in [4.78, 5) is 38.1. The average molecular weight is 571 g/mol. The summed E-state index contributed by atoms with van der Waals surface area (Å²) in [5.74, 6) is 0. The Kier molecular flexibility index (Phi) is 48.1. The quantitative estimate of drug-likeness (QED) is 0.236. The molecule has 0 aliphatic carbocycles. The zero-order valence-corrected chi connectivity index (χ0v) is 21.2. The minimum Gasteiger partial charge on any atom is -0.566 e. The van der Waals surface area contributed by atoms with E-state index < -0.39 is 33.0 Å². The van der Waals surface area contributed by atoms with Gasteiger partial charge >= 0.3 is 59.2 Å². The maximum absolute atomic E-state index is 9.53. The molecule has 0 aromatic heterocycles. The molecule has 0 rings (SSSR count). The first-order chi connectivity index (χ1) is 13.1. The molecule has 0 fully saturated rings. The molecule has 4 unspecified atom stereocenters. The summed E-state index contributed by atoms with van der Waals surface area (Å²) in [6.45, 7) is 13.2. The van der Waals surface area contributed by atoms with Crippen LogP contribution < -0.4 is 19.6 Å². The van der Waals surface area contributed by atoms with Crippen LogP contribution in [0.5, 0.6) is 0 Å². The molecule has 0 spiro atoms. The Balaban J connectivity index is -0.0000000873. The molecule has 0 saturated heterocycles. The van der Waals surface area contributed by atoms with Gasteiger partial charge < -0.3 is 19.6 Å². The summed E-state index contributed by atoms with van der Waals surface area (Å²) >= 11 is 0. The zero-order chi connectivity index (χ0) is 22.8. The predicted molar refractivity (Wildman–Crippen MR) is 95.0 cm³/mol. The SMILES string of the molecule is C=CCO[P+](=O)[O-].C=CCO[P+](=O)[O-].C=CCO[P+](=O)[O-].C=CCO[P+](=O)[O-].[Zr+4]. The molecule has 0 heterocycles. The van der Waals surface area contributed by atoms with Crippen LogP contribution in [0.3, 0.4) is 0 Å². The van der Waals surface area contributed by atoms with Crippen LogP contribution >= 0.6 is 33.0 Å². The van der Waals surface area contributed by atoms with Crippen molar-refractivity contribution < 1.29 is 82.1 Å². The van der Waals surface area contributed by atoms with Crippen molar-refractivity contribution in [3.05, 3.63) is 50.6 Å². The van der Waals surface area contributed by atoms with Gasteiger partial charge in [-0.15, -0.1) is 44.4 Å². The van der Waals surface area contributed by atoms with Gasteiger partial charge in [-0.3, -0.25) is 0 Å². The van der Waals surface area contributed by atoms with Gasteiger partial charge in [0.1, 0.15) is 26.4 Å². The van der Waals surface area contributed by atoms with Crippen LogP contribution in [0.4, 0.5) is 0 Å². The van der Waals surface area contributed by atoms with E-state index in [0.29, 0.717) is 0 Å². The van der Waals surface area contributed by atoms with Crippen LogP contribution in [0.2, 0.25) is 0 Å². The number of rotatable bonds is 12. The topological polar surface area (TPSA) is 197 Å². The molecule has 0 bridgehead atoms. The molecule has 17 heteroatoms. The second-order valence-corrected chi connectivity index (χ2v) is 6.05. The Labute approximate surface area is 191 Å². The normalized spacial score (nSPS) is 10.3. The van der Waals surface area contributed by atoms with E-state index in [1.807, 2.05) is 0 Å². The zero-order valence-electron chi connectivity index (χ0n) is 15.2. The molecule has 4 atom stereocenters. The van der Waals surface area contributed by atoms with Crippen molar-refractivity contribution in [1.82, 2.24) is 0 Å². The van der Waals surface area contributed by atoms with Gasteiger partial charge in [0, 0.05) is 0 Å². The van der Waals surface area contributed by atoms with E-state index in [1.54, 1.807) is 0 Å². The molecule has 0 aromatic rings. The van der Waals surface area contributed by atoms with Gasteiger partial charge in [0.2, 0.25) is 0 Å². The largest absolute Gasteiger partial charge is 4.00 e. The summed E-state index contributed by atoms with van der Waals surface area (Å²) in [6, 6.07) is 0. The van der Waals surface area contributed by atoms with Gasteiger partial charge in [0.15, 0.2) is 0 Å². The van der Waals surface area contributed by atoms with Crippen molar-refractivity contribution in [2.45, 2.75) is 0 Å². The van der Waals surface area contributed by atoms with E-state index in [2.05, 4.69) is 44.4 Å². The number of hydrogen-bond donors (Lipinski definition) is 0. The third-order valence-corrected chi connectivity index (χ3v) is 2.63. The van der Waals surface area contributed by atoms with Crippen molar-refractivity contribution in [3.8, 4) is 0 Å². The van der Waals surface area contributed by atoms with Gasteiger partial charge in [-0.2, -0.15) is 0 Å². The Morgan fingerprint density at radius 3 is 0.690 bits per heavy atom. The maximum Gasteiger partial charge on any atom is 4.00 e. The maximum atomic E-state index is 9.53. The van der Waals surface area contributed by atoms with Crippen molar-refractivity contribution in [2.75, 3.05) is 26.4 Å². The second-order valence-electron chi connectivity index (χ2n) is 3.23. The fourth-order valence-electron chi connectivity index (χ4n) is 0.454. The smallest absolute Gasteiger partial charge is 0.566 e. The molecule has 0 saturated carbocycles. The Hall–Kier alpha value is -0.0769. The van der Waals surface area contributed by atoms with Crippen LogP contribution in [0.15, 0.2) is 50.6 Å². The minimum absolute atomic E-state index is 0. The van der Waals surface area contributed by atoms with E-state index in [-0.39, 0.29) is 52.6 Å². The summed E-state index contributed by atoms with van der Waals surface area (Å²) in [6.07, 6.45) is 5.46. The molecular weight excluding hydrogens is 551 g/mol. The first-order valence-electron chi connectivity index (χ1n) is 6.61. The Morgan fingerprint density at radius 2 is 0.655 bits per heavy atom. The van der Waals surface area contributed by atoms with Gasteiger partial charge in [0.25, 0.3) is 0 Å². The molecule has 0 aliphatic heterocycles. The average Bonchev–Trinajstić information content (AvgIpc) is 2.62. The van der Waals surface area contributed by atoms with Crippen LogP contribution in [-0.4, -0.2) is 26.4 Å². The van der Waals surface area contributed by atoms with E-state index in [1.165, 1.54) is 24.3 Å². The van der Waals surface area contributed by atoms with Crippen molar-refractivity contribution in [3.63, 3.8) is 0 Å². The summed E-state index contributed by atoms with van der Waals surface area (Å²) in [5, 5.41) is 0. The monoisotopic (exact) mass is 570 g/mol.